The molecule has 0 bridgehead atoms. The van der Waals surface area contributed by atoms with Crippen molar-refractivity contribution in [3.8, 4) is 0 Å². The Labute approximate surface area is 171 Å². The molecule has 0 aromatic heterocycles. The van der Waals surface area contributed by atoms with Crippen LogP contribution in [0.3, 0.4) is 0 Å². The van der Waals surface area contributed by atoms with E-state index in [2.05, 4.69) is 5.32 Å². The van der Waals surface area contributed by atoms with Crippen molar-refractivity contribution in [2.45, 2.75) is 17.2 Å². The van der Waals surface area contributed by atoms with Crippen molar-refractivity contribution in [1.82, 2.24) is 0 Å². The van der Waals surface area contributed by atoms with Gasteiger partial charge in [0.25, 0.3) is 10.0 Å². The van der Waals surface area contributed by atoms with Gasteiger partial charge in [-0.15, -0.1) is 0 Å². The number of nitrogens with zero attached hydrogens (tertiary/aromatic N) is 1. The molecule has 2 atom stereocenters. The van der Waals surface area contributed by atoms with E-state index >= 15 is 0 Å². The van der Waals surface area contributed by atoms with Gasteiger partial charge in [0, 0.05) is 18.7 Å². The van der Waals surface area contributed by atoms with E-state index in [1.165, 1.54) is 23.5 Å². The number of para-hydroxylation sites is 1. The molecule has 1 aliphatic carbocycles. The van der Waals surface area contributed by atoms with E-state index in [0.29, 0.717) is 11.4 Å². The maximum absolute atomic E-state index is 13.0. The molecule has 1 amide bonds. The SMILES string of the molecule is CN(c1ccccc1)S(=O)(=O)c1cccc(NC(=O)C2CC2c2ccccc2)c1. The number of hydrogen-bond donors (Lipinski definition) is 1. The van der Waals surface area contributed by atoms with Crippen LogP contribution in [-0.2, 0) is 14.8 Å². The second-order valence-electron chi connectivity index (χ2n) is 7.18. The zero-order valence-corrected chi connectivity index (χ0v) is 16.8. The summed E-state index contributed by atoms with van der Waals surface area (Å²) in [6.45, 7) is 0. The van der Waals surface area contributed by atoms with Gasteiger partial charge in [-0.2, -0.15) is 0 Å². The van der Waals surface area contributed by atoms with Crippen molar-refractivity contribution in [3.05, 3.63) is 90.5 Å². The maximum atomic E-state index is 13.0. The molecule has 6 heteroatoms. The van der Waals surface area contributed by atoms with E-state index in [9.17, 15) is 13.2 Å². The van der Waals surface area contributed by atoms with Crippen LogP contribution in [0.2, 0.25) is 0 Å². The summed E-state index contributed by atoms with van der Waals surface area (Å²) in [6.07, 6.45) is 0.810. The summed E-state index contributed by atoms with van der Waals surface area (Å²) >= 11 is 0. The van der Waals surface area contributed by atoms with Crippen molar-refractivity contribution < 1.29 is 13.2 Å². The molecule has 0 spiro atoms. The molecule has 0 aliphatic heterocycles. The van der Waals surface area contributed by atoms with Crippen LogP contribution >= 0.6 is 0 Å². The van der Waals surface area contributed by atoms with Crippen molar-refractivity contribution in [2.24, 2.45) is 5.92 Å². The van der Waals surface area contributed by atoms with Crippen LogP contribution in [0.5, 0.6) is 0 Å². The van der Waals surface area contributed by atoms with Gasteiger partial charge < -0.3 is 5.32 Å². The fourth-order valence-electron chi connectivity index (χ4n) is 3.46. The number of nitrogens with one attached hydrogen (secondary N) is 1. The number of carbonyl (C=O) groups excluding carboxylic acids is 1. The largest absolute Gasteiger partial charge is 0.326 e. The smallest absolute Gasteiger partial charge is 0.264 e. The third kappa shape index (κ3) is 4.03. The summed E-state index contributed by atoms with van der Waals surface area (Å²) in [5.41, 5.74) is 2.22. The van der Waals surface area contributed by atoms with E-state index in [1.54, 1.807) is 36.4 Å². The van der Waals surface area contributed by atoms with Crippen molar-refractivity contribution >= 4 is 27.3 Å². The van der Waals surface area contributed by atoms with Gasteiger partial charge >= 0.3 is 0 Å². The Balaban J connectivity index is 1.48. The van der Waals surface area contributed by atoms with Crippen molar-refractivity contribution in [1.29, 1.82) is 0 Å². The van der Waals surface area contributed by atoms with E-state index < -0.39 is 10.0 Å². The molecular weight excluding hydrogens is 384 g/mol. The summed E-state index contributed by atoms with van der Waals surface area (Å²) in [7, 11) is -2.21. The van der Waals surface area contributed by atoms with Crippen LogP contribution in [-0.4, -0.2) is 21.4 Å². The highest BCUT2D eigenvalue weighted by atomic mass is 32.2. The predicted molar refractivity (Wildman–Crippen MR) is 114 cm³/mol. The van der Waals surface area contributed by atoms with Gasteiger partial charge in [-0.05, 0) is 48.2 Å². The Morgan fingerprint density at radius 1 is 0.931 bits per heavy atom. The zero-order valence-electron chi connectivity index (χ0n) is 16.0. The summed E-state index contributed by atoms with van der Waals surface area (Å²) in [6, 6.07) is 25.2. The first kappa shape index (κ1) is 19.2. The lowest BCUT2D eigenvalue weighted by molar-refractivity contribution is -0.117. The first-order valence-electron chi connectivity index (χ1n) is 9.46. The molecule has 4 rings (SSSR count). The number of hydrogen-bond acceptors (Lipinski definition) is 3. The van der Waals surface area contributed by atoms with Gasteiger partial charge in [0.2, 0.25) is 5.91 Å². The highest BCUT2D eigenvalue weighted by molar-refractivity contribution is 7.92. The summed E-state index contributed by atoms with van der Waals surface area (Å²) in [5, 5.41) is 2.87. The van der Waals surface area contributed by atoms with E-state index in [1.807, 2.05) is 36.4 Å². The van der Waals surface area contributed by atoms with E-state index in [0.717, 1.165) is 12.0 Å². The van der Waals surface area contributed by atoms with Gasteiger partial charge in [-0.25, -0.2) is 8.42 Å². The van der Waals surface area contributed by atoms with Crippen molar-refractivity contribution in [3.63, 3.8) is 0 Å². The van der Waals surface area contributed by atoms with Crippen LogP contribution in [0.25, 0.3) is 0 Å². The molecule has 148 valence electrons. The average molecular weight is 407 g/mol. The van der Waals surface area contributed by atoms with Crippen LogP contribution in [0.15, 0.2) is 89.8 Å². The quantitative estimate of drug-likeness (QED) is 0.665. The Morgan fingerprint density at radius 2 is 1.59 bits per heavy atom. The number of sulfonamides is 1. The number of amides is 1. The molecule has 3 aromatic carbocycles. The van der Waals surface area contributed by atoms with Crippen LogP contribution in [0, 0.1) is 5.92 Å². The first-order valence-corrected chi connectivity index (χ1v) is 10.9. The topological polar surface area (TPSA) is 66.5 Å². The second kappa shape index (κ2) is 7.72. The van der Waals surface area contributed by atoms with Gasteiger partial charge in [-0.1, -0.05) is 54.6 Å². The molecule has 1 N–H and O–H groups in total. The molecule has 2 unspecified atom stereocenters. The second-order valence-corrected chi connectivity index (χ2v) is 9.15. The van der Waals surface area contributed by atoms with E-state index in [4.69, 9.17) is 0 Å². The number of rotatable bonds is 6. The van der Waals surface area contributed by atoms with Crippen LogP contribution in [0.4, 0.5) is 11.4 Å². The summed E-state index contributed by atoms with van der Waals surface area (Å²) in [4.78, 5) is 12.7. The molecule has 5 nitrogen and oxygen atoms in total. The van der Waals surface area contributed by atoms with Gasteiger partial charge in [0.05, 0.1) is 10.6 Å². The molecular formula is C23H22N2O3S. The summed E-state index contributed by atoms with van der Waals surface area (Å²) < 4.78 is 27.2. The standard InChI is InChI=1S/C23H22N2O3S/c1-25(19-12-6-3-7-13-19)29(27,28)20-14-8-11-18(15-20)24-23(26)22-16-21(22)17-9-4-2-5-10-17/h2-15,21-22H,16H2,1H3,(H,24,26). The zero-order chi connectivity index (χ0) is 20.4. The predicted octanol–water partition coefficient (Wildman–Crippen LogP) is 4.25. The molecule has 0 radical (unpaired) electrons. The fourth-order valence-corrected chi connectivity index (χ4v) is 4.70. The van der Waals surface area contributed by atoms with Gasteiger partial charge in [0.15, 0.2) is 0 Å². The molecule has 1 saturated carbocycles. The van der Waals surface area contributed by atoms with Gasteiger partial charge in [0.1, 0.15) is 0 Å². The minimum atomic E-state index is -3.73. The Hall–Kier alpha value is -3.12. The van der Waals surface area contributed by atoms with E-state index in [-0.39, 0.29) is 22.6 Å². The minimum Gasteiger partial charge on any atom is -0.326 e. The fraction of sp³-hybridized carbons (Fsp3) is 0.174. The first-order chi connectivity index (χ1) is 14.0. The molecule has 3 aromatic rings. The number of carbonyl (C=O) groups is 1. The molecule has 0 saturated heterocycles. The Morgan fingerprint density at radius 3 is 2.28 bits per heavy atom. The normalized spacial score (nSPS) is 18.1. The highest BCUT2D eigenvalue weighted by Crippen LogP contribution is 2.47. The lowest BCUT2D eigenvalue weighted by atomic mass is 10.1. The van der Waals surface area contributed by atoms with Crippen molar-refractivity contribution in [2.75, 3.05) is 16.7 Å². The molecule has 1 fully saturated rings. The van der Waals surface area contributed by atoms with Crippen LogP contribution < -0.4 is 9.62 Å². The third-order valence-electron chi connectivity index (χ3n) is 5.23. The maximum Gasteiger partial charge on any atom is 0.264 e. The monoisotopic (exact) mass is 406 g/mol. The Bertz CT molecular complexity index is 1120. The molecule has 0 heterocycles. The lowest BCUT2D eigenvalue weighted by Gasteiger charge is -2.20. The minimum absolute atomic E-state index is 0.0789. The highest BCUT2D eigenvalue weighted by Gasteiger charge is 2.43. The van der Waals surface area contributed by atoms with Gasteiger partial charge in [-0.3, -0.25) is 9.10 Å². The number of anilines is 2. The Kier molecular flexibility index (Phi) is 5.11. The van der Waals surface area contributed by atoms with Crippen LogP contribution in [0.1, 0.15) is 17.9 Å². The average Bonchev–Trinajstić information content (AvgIpc) is 3.56. The third-order valence-corrected chi connectivity index (χ3v) is 7.02. The lowest BCUT2D eigenvalue weighted by Crippen LogP contribution is -2.26. The molecule has 29 heavy (non-hydrogen) atoms. The summed E-state index contributed by atoms with van der Waals surface area (Å²) in [5.74, 6) is 0.0711. The number of benzene rings is 3. The molecule has 1 aliphatic rings.